The Morgan fingerprint density at radius 3 is 2.00 bits per heavy atom. The van der Waals surface area contributed by atoms with Crippen LogP contribution in [0.1, 0.15) is 96.5 Å². The van der Waals surface area contributed by atoms with Crippen LogP contribution in [0.15, 0.2) is 10.2 Å². The summed E-state index contributed by atoms with van der Waals surface area (Å²) in [5.41, 5.74) is 1.33. The Hall–Kier alpha value is -0.570. The van der Waals surface area contributed by atoms with Gasteiger partial charge in [-0.25, -0.2) is 0 Å². The SMILES string of the molecule is CCCCCCCCc1csn(CCCCCCCC)c1=O. The van der Waals surface area contributed by atoms with E-state index in [1.165, 1.54) is 70.6 Å². The summed E-state index contributed by atoms with van der Waals surface area (Å²) >= 11 is 1.62. The van der Waals surface area contributed by atoms with Crippen molar-refractivity contribution < 1.29 is 0 Å². The van der Waals surface area contributed by atoms with Crippen molar-refractivity contribution >= 4 is 11.5 Å². The third-order valence-corrected chi connectivity index (χ3v) is 5.33. The van der Waals surface area contributed by atoms with Gasteiger partial charge in [-0.2, -0.15) is 0 Å². The average Bonchev–Trinajstić information content (AvgIpc) is 2.87. The second kappa shape index (κ2) is 12.9. The lowest BCUT2D eigenvalue weighted by Crippen LogP contribution is -2.16. The molecule has 128 valence electrons. The fourth-order valence-electron chi connectivity index (χ4n) is 2.84. The van der Waals surface area contributed by atoms with Gasteiger partial charge in [-0.05, 0) is 19.3 Å². The zero-order valence-corrected chi connectivity index (χ0v) is 15.6. The highest BCUT2D eigenvalue weighted by Crippen LogP contribution is 2.11. The van der Waals surface area contributed by atoms with E-state index in [9.17, 15) is 4.79 Å². The first-order valence-electron chi connectivity index (χ1n) is 9.47. The van der Waals surface area contributed by atoms with Crippen LogP contribution < -0.4 is 5.56 Å². The van der Waals surface area contributed by atoms with E-state index in [2.05, 4.69) is 19.2 Å². The summed E-state index contributed by atoms with van der Waals surface area (Å²) in [6.45, 7) is 5.42. The number of rotatable bonds is 14. The van der Waals surface area contributed by atoms with Crippen molar-refractivity contribution in [1.82, 2.24) is 3.96 Å². The Labute approximate surface area is 141 Å². The van der Waals surface area contributed by atoms with Crippen LogP contribution in [0, 0.1) is 0 Å². The van der Waals surface area contributed by atoms with Crippen LogP contribution in [0.5, 0.6) is 0 Å². The Morgan fingerprint density at radius 1 is 0.818 bits per heavy atom. The molecule has 3 heteroatoms. The van der Waals surface area contributed by atoms with Gasteiger partial charge in [0.2, 0.25) is 0 Å². The normalized spacial score (nSPS) is 11.2. The number of aryl methyl sites for hydroxylation is 2. The van der Waals surface area contributed by atoms with Gasteiger partial charge in [0, 0.05) is 17.5 Å². The van der Waals surface area contributed by atoms with Crippen LogP contribution >= 0.6 is 11.5 Å². The minimum absolute atomic E-state index is 0.284. The zero-order valence-electron chi connectivity index (χ0n) is 14.7. The lowest BCUT2D eigenvalue weighted by Gasteiger charge is -2.01. The summed E-state index contributed by atoms with van der Waals surface area (Å²) in [7, 11) is 0. The van der Waals surface area contributed by atoms with Crippen molar-refractivity contribution in [3.8, 4) is 0 Å². The lowest BCUT2D eigenvalue weighted by atomic mass is 10.1. The topological polar surface area (TPSA) is 22.0 Å². The van der Waals surface area contributed by atoms with E-state index in [4.69, 9.17) is 0 Å². The van der Waals surface area contributed by atoms with Crippen LogP contribution in [-0.4, -0.2) is 3.96 Å². The molecule has 0 N–H and O–H groups in total. The molecule has 0 saturated heterocycles. The first-order valence-corrected chi connectivity index (χ1v) is 10.3. The third-order valence-electron chi connectivity index (χ3n) is 4.34. The second-order valence-electron chi connectivity index (χ2n) is 6.44. The Morgan fingerprint density at radius 2 is 1.36 bits per heavy atom. The molecule has 1 rings (SSSR count). The van der Waals surface area contributed by atoms with E-state index in [1.807, 2.05) is 3.96 Å². The molecule has 0 bridgehead atoms. The Balaban J connectivity index is 2.17. The number of hydrogen-bond donors (Lipinski definition) is 0. The fraction of sp³-hybridized carbons (Fsp3) is 0.842. The standard InChI is InChI=1S/C19H35NOS/c1-3-5-7-9-11-13-15-18-17-22-20(19(18)21)16-14-12-10-8-6-4-2/h17H,3-16H2,1-2H3. The molecular formula is C19H35NOS. The summed E-state index contributed by atoms with van der Waals surface area (Å²) in [5.74, 6) is 0. The van der Waals surface area contributed by atoms with Gasteiger partial charge >= 0.3 is 0 Å². The molecule has 0 atom stereocenters. The molecule has 0 saturated carbocycles. The molecule has 0 unspecified atom stereocenters. The summed E-state index contributed by atoms with van der Waals surface area (Å²) in [5, 5.41) is 2.09. The second-order valence-corrected chi connectivity index (χ2v) is 7.33. The van der Waals surface area contributed by atoms with Gasteiger partial charge in [-0.15, -0.1) is 0 Å². The number of nitrogens with zero attached hydrogens (tertiary/aromatic N) is 1. The molecule has 0 aliphatic rings. The Kier molecular flexibility index (Phi) is 11.4. The molecular weight excluding hydrogens is 290 g/mol. The number of hydrogen-bond acceptors (Lipinski definition) is 2. The molecule has 0 amide bonds. The quantitative estimate of drug-likeness (QED) is 0.375. The molecule has 0 aliphatic carbocycles. The molecule has 0 fully saturated rings. The van der Waals surface area contributed by atoms with E-state index in [1.54, 1.807) is 11.5 Å². The van der Waals surface area contributed by atoms with Crippen LogP contribution in [0.3, 0.4) is 0 Å². The van der Waals surface area contributed by atoms with Crippen molar-refractivity contribution in [3.63, 3.8) is 0 Å². The van der Waals surface area contributed by atoms with E-state index in [-0.39, 0.29) is 5.56 Å². The maximum atomic E-state index is 12.3. The van der Waals surface area contributed by atoms with Gasteiger partial charge < -0.3 is 0 Å². The van der Waals surface area contributed by atoms with Crippen molar-refractivity contribution in [2.45, 2.75) is 104 Å². The van der Waals surface area contributed by atoms with Gasteiger partial charge in [0.05, 0.1) is 0 Å². The van der Waals surface area contributed by atoms with Gasteiger partial charge in [0.1, 0.15) is 0 Å². The van der Waals surface area contributed by atoms with Crippen LogP contribution in [0.25, 0.3) is 0 Å². The molecule has 1 aromatic rings. The van der Waals surface area contributed by atoms with E-state index >= 15 is 0 Å². The molecule has 2 nitrogen and oxygen atoms in total. The number of aromatic nitrogens is 1. The molecule has 0 spiro atoms. The maximum absolute atomic E-state index is 12.3. The zero-order chi connectivity index (χ0) is 16.0. The van der Waals surface area contributed by atoms with E-state index in [0.717, 1.165) is 24.9 Å². The third kappa shape index (κ3) is 8.17. The van der Waals surface area contributed by atoms with Gasteiger partial charge in [0.15, 0.2) is 0 Å². The van der Waals surface area contributed by atoms with Crippen LogP contribution in [0.4, 0.5) is 0 Å². The smallest absolute Gasteiger partial charge is 0.263 e. The predicted octanol–water partition coefficient (Wildman–Crippen LogP) is 6.17. The highest BCUT2D eigenvalue weighted by Gasteiger charge is 2.06. The molecule has 22 heavy (non-hydrogen) atoms. The van der Waals surface area contributed by atoms with Crippen molar-refractivity contribution in [2.24, 2.45) is 0 Å². The first-order chi connectivity index (χ1) is 10.8. The summed E-state index contributed by atoms with van der Waals surface area (Å²) in [6.07, 6.45) is 16.5. The van der Waals surface area contributed by atoms with Crippen LogP contribution in [0.2, 0.25) is 0 Å². The molecule has 1 aromatic heterocycles. The van der Waals surface area contributed by atoms with E-state index < -0.39 is 0 Å². The highest BCUT2D eigenvalue weighted by molar-refractivity contribution is 7.04. The van der Waals surface area contributed by atoms with Gasteiger partial charge in [-0.3, -0.25) is 8.75 Å². The number of unbranched alkanes of at least 4 members (excludes halogenated alkanes) is 10. The molecule has 1 heterocycles. The minimum Gasteiger partial charge on any atom is -0.268 e. The first kappa shape index (κ1) is 19.5. The lowest BCUT2D eigenvalue weighted by molar-refractivity contribution is 0.566. The van der Waals surface area contributed by atoms with Crippen molar-refractivity contribution in [2.75, 3.05) is 0 Å². The largest absolute Gasteiger partial charge is 0.268 e. The summed E-state index contributed by atoms with van der Waals surface area (Å²) < 4.78 is 1.96. The Bertz CT molecular complexity index is 385. The summed E-state index contributed by atoms with van der Waals surface area (Å²) in [6, 6.07) is 0. The fourth-order valence-corrected chi connectivity index (χ4v) is 3.76. The average molecular weight is 326 g/mol. The van der Waals surface area contributed by atoms with Gasteiger partial charge in [-0.1, -0.05) is 89.6 Å². The summed E-state index contributed by atoms with van der Waals surface area (Å²) in [4.78, 5) is 12.3. The van der Waals surface area contributed by atoms with Gasteiger partial charge in [0.25, 0.3) is 5.56 Å². The highest BCUT2D eigenvalue weighted by atomic mass is 32.1. The monoisotopic (exact) mass is 325 g/mol. The van der Waals surface area contributed by atoms with Crippen LogP contribution in [-0.2, 0) is 13.0 Å². The predicted molar refractivity (Wildman–Crippen MR) is 99.0 cm³/mol. The molecule has 0 radical (unpaired) electrons. The van der Waals surface area contributed by atoms with E-state index in [0.29, 0.717) is 0 Å². The molecule has 0 aliphatic heterocycles. The van der Waals surface area contributed by atoms with Crippen molar-refractivity contribution in [1.29, 1.82) is 0 Å². The maximum Gasteiger partial charge on any atom is 0.263 e. The molecule has 0 aromatic carbocycles. The van der Waals surface area contributed by atoms with Crippen molar-refractivity contribution in [3.05, 3.63) is 21.3 Å². The minimum atomic E-state index is 0.284.